The van der Waals surface area contributed by atoms with Crippen LogP contribution in [0.5, 0.6) is 0 Å². The van der Waals surface area contributed by atoms with Gasteiger partial charge in [0.1, 0.15) is 0 Å². The number of carbonyl (C=O) groups is 1. The van der Waals surface area contributed by atoms with Crippen molar-refractivity contribution in [1.29, 1.82) is 0 Å². The van der Waals surface area contributed by atoms with E-state index in [9.17, 15) is 22.8 Å². The van der Waals surface area contributed by atoms with Crippen molar-refractivity contribution in [2.75, 3.05) is 18.8 Å². The largest absolute Gasteiger partial charge is 0.465 e. The maximum atomic E-state index is 13.6. The summed E-state index contributed by atoms with van der Waals surface area (Å²) in [6.45, 7) is 4.87. The number of hydrogen-bond donors (Lipinski definition) is 3. The lowest BCUT2D eigenvalue weighted by Gasteiger charge is -2.33. The Hall–Kier alpha value is -2.86. The highest BCUT2D eigenvalue weighted by Crippen LogP contribution is 2.30. The number of likely N-dealkylation sites (tertiary alicyclic amines) is 1. The Morgan fingerprint density at radius 3 is 2.56 bits per heavy atom. The van der Waals surface area contributed by atoms with Crippen LogP contribution < -0.4 is 16.6 Å². The maximum absolute atomic E-state index is 13.6. The molecule has 1 aliphatic rings. The van der Waals surface area contributed by atoms with Crippen molar-refractivity contribution >= 4 is 50.0 Å². The number of sulfone groups is 1. The number of aromatic amines is 1. The summed E-state index contributed by atoms with van der Waals surface area (Å²) in [6.07, 6.45) is 1.07. The molecule has 1 aromatic heterocycles. The van der Waals surface area contributed by atoms with Crippen LogP contribution in [0.1, 0.15) is 43.4 Å². The molecule has 2 heterocycles. The molecule has 10 nitrogen and oxygen atoms in total. The number of piperidine rings is 1. The third-order valence-electron chi connectivity index (χ3n) is 7.07. The Morgan fingerprint density at radius 1 is 1.15 bits per heavy atom. The summed E-state index contributed by atoms with van der Waals surface area (Å²) in [5.74, 6) is -0.146. The van der Waals surface area contributed by atoms with Gasteiger partial charge < -0.3 is 15.4 Å². The lowest BCUT2D eigenvalue weighted by molar-refractivity contribution is 0.159. The Bertz CT molecular complexity index is 1650. The molecule has 3 N–H and O–H groups in total. The molecular weight excluding hydrogens is 567 g/mol. The summed E-state index contributed by atoms with van der Waals surface area (Å²) >= 11 is 12.9. The van der Waals surface area contributed by atoms with Gasteiger partial charge in [-0.25, -0.2) is 18.0 Å². The first-order chi connectivity index (χ1) is 18.4. The van der Waals surface area contributed by atoms with Crippen LogP contribution in [-0.2, 0) is 29.3 Å². The minimum atomic E-state index is -3.63. The van der Waals surface area contributed by atoms with E-state index in [-0.39, 0.29) is 49.7 Å². The summed E-state index contributed by atoms with van der Waals surface area (Å²) in [4.78, 5) is 42.6. The van der Waals surface area contributed by atoms with Crippen molar-refractivity contribution in [3.8, 4) is 0 Å². The number of H-pyrrole nitrogens is 1. The summed E-state index contributed by atoms with van der Waals surface area (Å²) in [5.41, 5.74) is 0.716. The highest BCUT2D eigenvalue weighted by molar-refractivity contribution is 7.91. The molecule has 0 aliphatic carbocycles. The number of aromatic nitrogens is 2. The monoisotopic (exact) mass is 596 g/mol. The molecule has 13 heteroatoms. The zero-order valence-electron chi connectivity index (χ0n) is 21.6. The fraction of sp³-hybridized carbons (Fsp3) is 0.423. The van der Waals surface area contributed by atoms with Crippen LogP contribution in [0.25, 0.3) is 10.9 Å². The van der Waals surface area contributed by atoms with Crippen molar-refractivity contribution in [1.82, 2.24) is 19.8 Å². The third kappa shape index (κ3) is 6.16. The van der Waals surface area contributed by atoms with Gasteiger partial charge in [-0.15, -0.1) is 0 Å². The van der Waals surface area contributed by atoms with Crippen LogP contribution in [0.4, 0.5) is 4.79 Å². The van der Waals surface area contributed by atoms with Gasteiger partial charge in [0.2, 0.25) is 0 Å². The fourth-order valence-corrected chi connectivity index (χ4v) is 6.73. The van der Waals surface area contributed by atoms with E-state index in [0.717, 1.165) is 35.1 Å². The predicted molar refractivity (Wildman–Crippen MR) is 151 cm³/mol. The Labute approximate surface area is 235 Å². The van der Waals surface area contributed by atoms with Gasteiger partial charge in [-0.05, 0) is 66.8 Å². The first-order valence-electron chi connectivity index (χ1n) is 12.6. The molecule has 1 fully saturated rings. The number of benzene rings is 2. The molecule has 1 aliphatic heterocycles. The zero-order chi connectivity index (χ0) is 28.5. The second-order valence-electron chi connectivity index (χ2n) is 9.61. The first-order valence-corrected chi connectivity index (χ1v) is 15.1. The quantitative estimate of drug-likeness (QED) is 0.360. The molecule has 4 rings (SSSR count). The van der Waals surface area contributed by atoms with E-state index in [0.29, 0.717) is 19.5 Å². The molecule has 39 heavy (non-hydrogen) atoms. The van der Waals surface area contributed by atoms with E-state index in [2.05, 4.69) is 15.2 Å². The minimum absolute atomic E-state index is 0.0145. The summed E-state index contributed by atoms with van der Waals surface area (Å²) in [7, 11) is -3.63. The number of nitrogens with one attached hydrogen (secondary N) is 2. The van der Waals surface area contributed by atoms with Crippen LogP contribution in [-0.4, -0.2) is 59.0 Å². The van der Waals surface area contributed by atoms with Gasteiger partial charge in [0, 0.05) is 24.2 Å². The number of aryl methyl sites for hydroxylation is 1. The van der Waals surface area contributed by atoms with Gasteiger partial charge in [-0.1, -0.05) is 37.0 Å². The van der Waals surface area contributed by atoms with Gasteiger partial charge in [-0.2, -0.15) is 0 Å². The SMILES string of the molecule is CCc1cc2c(=O)n(Cc3cc(Cl)ccc3S(=O)(=O)CC)c(=O)[nH]c2c(Cl)c1CN1CCC[C@@H](NC(=O)O)C1. The van der Waals surface area contributed by atoms with Crippen LogP contribution in [0.3, 0.4) is 0 Å². The molecule has 2 aromatic carbocycles. The van der Waals surface area contributed by atoms with E-state index in [4.69, 9.17) is 28.3 Å². The number of hydrogen-bond acceptors (Lipinski definition) is 6. The number of rotatable bonds is 8. The topological polar surface area (TPSA) is 142 Å². The highest BCUT2D eigenvalue weighted by Gasteiger charge is 2.25. The molecule has 1 atom stereocenters. The number of carboxylic acid groups (broad SMARTS) is 1. The molecule has 0 unspecified atom stereocenters. The van der Waals surface area contributed by atoms with Crippen molar-refractivity contribution in [3.05, 3.63) is 71.8 Å². The molecule has 0 bridgehead atoms. The molecule has 0 spiro atoms. The smallest absolute Gasteiger partial charge is 0.404 e. The van der Waals surface area contributed by atoms with E-state index >= 15 is 0 Å². The zero-order valence-corrected chi connectivity index (χ0v) is 23.9. The van der Waals surface area contributed by atoms with Crippen LogP contribution in [0.15, 0.2) is 38.8 Å². The Balaban J connectivity index is 1.77. The van der Waals surface area contributed by atoms with Crippen molar-refractivity contribution in [3.63, 3.8) is 0 Å². The predicted octanol–water partition coefficient (Wildman–Crippen LogP) is 3.63. The summed E-state index contributed by atoms with van der Waals surface area (Å²) in [6, 6.07) is 5.80. The van der Waals surface area contributed by atoms with Crippen LogP contribution in [0.2, 0.25) is 10.0 Å². The van der Waals surface area contributed by atoms with Gasteiger partial charge in [0.05, 0.1) is 33.1 Å². The van der Waals surface area contributed by atoms with Crippen molar-refractivity contribution < 1.29 is 18.3 Å². The summed E-state index contributed by atoms with van der Waals surface area (Å²) < 4.78 is 26.2. The molecule has 0 saturated carbocycles. The second kappa shape index (κ2) is 11.7. The van der Waals surface area contributed by atoms with E-state index in [1.165, 1.54) is 25.1 Å². The standard InChI is InChI=1S/C26H30Cl2N4O6S/c1-3-15-11-19-23(22(28)20(15)14-31-9-5-6-18(13-31)29-26(35)36)30-25(34)32(24(19)33)12-16-10-17(27)7-8-21(16)39(37,38)4-2/h7-8,10-11,18,29H,3-6,9,12-14H2,1-2H3,(H,30,34)(H,35,36)/t18-/m1/s1. The average molecular weight is 598 g/mol. The molecular formula is C26H30Cl2N4O6S. The normalized spacial score (nSPS) is 16.5. The van der Waals surface area contributed by atoms with Crippen molar-refractivity contribution in [2.45, 2.75) is 57.1 Å². The van der Waals surface area contributed by atoms with Gasteiger partial charge >= 0.3 is 11.8 Å². The highest BCUT2D eigenvalue weighted by atomic mass is 35.5. The fourth-order valence-electron chi connectivity index (χ4n) is 5.09. The minimum Gasteiger partial charge on any atom is -0.465 e. The van der Waals surface area contributed by atoms with Crippen molar-refractivity contribution in [2.24, 2.45) is 0 Å². The van der Waals surface area contributed by atoms with Gasteiger partial charge in [-0.3, -0.25) is 14.3 Å². The summed E-state index contributed by atoms with van der Waals surface area (Å²) in [5, 5.41) is 12.4. The second-order valence-corrected chi connectivity index (χ2v) is 12.7. The maximum Gasteiger partial charge on any atom is 0.404 e. The molecule has 0 radical (unpaired) electrons. The lowest BCUT2D eigenvalue weighted by Crippen LogP contribution is -2.47. The number of amides is 1. The molecule has 1 amide bonds. The molecule has 3 aromatic rings. The number of nitrogens with zero attached hydrogens (tertiary/aromatic N) is 2. The molecule has 1 saturated heterocycles. The third-order valence-corrected chi connectivity index (χ3v) is 9.56. The van der Waals surface area contributed by atoms with E-state index < -0.39 is 27.2 Å². The van der Waals surface area contributed by atoms with Crippen LogP contribution >= 0.6 is 23.2 Å². The van der Waals surface area contributed by atoms with E-state index in [1.54, 1.807) is 6.07 Å². The van der Waals surface area contributed by atoms with Gasteiger partial charge in [0.15, 0.2) is 9.84 Å². The number of fused-ring (bicyclic) bond motifs is 1. The Kier molecular flexibility index (Phi) is 8.75. The average Bonchev–Trinajstić information content (AvgIpc) is 2.88. The Morgan fingerprint density at radius 2 is 1.90 bits per heavy atom. The number of halogens is 2. The first kappa shape index (κ1) is 29.1. The molecule has 210 valence electrons. The lowest BCUT2D eigenvalue weighted by atomic mass is 9.99. The van der Waals surface area contributed by atoms with Gasteiger partial charge in [0.25, 0.3) is 5.56 Å². The van der Waals surface area contributed by atoms with E-state index in [1.807, 2.05) is 6.92 Å². The van der Waals surface area contributed by atoms with Crippen LogP contribution in [0, 0.1) is 0 Å².